The zero-order valence-electron chi connectivity index (χ0n) is 14.8. The molecule has 0 radical (unpaired) electrons. The van der Waals surface area contributed by atoms with Crippen LogP contribution in [0.25, 0.3) is 0 Å². The fourth-order valence-electron chi connectivity index (χ4n) is 3.19. The van der Waals surface area contributed by atoms with E-state index in [9.17, 15) is 18.0 Å². The molecule has 3 rings (SSSR count). The number of hydrogen-bond acceptors (Lipinski definition) is 3. The van der Waals surface area contributed by atoms with Crippen molar-refractivity contribution in [1.29, 1.82) is 5.26 Å². The molecule has 1 fully saturated rings. The fourth-order valence-corrected chi connectivity index (χ4v) is 3.39. The van der Waals surface area contributed by atoms with Crippen molar-refractivity contribution in [1.82, 2.24) is 4.90 Å². The molecule has 0 bridgehead atoms. The van der Waals surface area contributed by atoms with E-state index in [1.165, 1.54) is 12.1 Å². The zero-order chi connectivity index (χ0) is 20.3. The van der Waals surface area contributed by atoms with Gasteiger partial charge in [0.25, 0.3) is 0 Å². The molecule has 1 aliphatic heterocycles. The second kappa shape index (κ2) is 8.11. The van der Waals surface area contributed by atoms with Gasteiger partial charge in [-0.3, -0.25) is 4.79 Å². The first-order valence-corrected chi connectivity index (χ1v) is 9.05. The van der Waals surface area contributed by atoms with Crippen molar-refractivity contribution in [3.05, 3.63) is 64.2 Å². The van der Waals surface area contributed by atoms with Crippen LogP contribution in [-0.4, -0.2) is 37.0 Å². The van der Waals surface area contributed by atoms with E-state index in [0.29, 0.717) is 36.9 Å². The van der Waals surface area contributed by atoms with Gasteiger partial charge in [0.15, 0.2) is 0 Å². The summed E-state index contributed by atoms with van der Waals surface area (Å²) in [6.07, 6.45) is -4.40. The smallest absolute Gasteiger partial charge is 0.368 e. The largest absolute Gasteiger partial charge is 0.417 e. The van der Waals surface area contributed by atoms with E-state index in [1.54, 1.807) is 34.1 Å². The van der Waals surface area contributed by atoms with Gasteiger partial charge in [-0.2, -0.15) is 18.4 Å². The van der Waals surface area contributed by atoms with Gasteiger partial charge in [-0.05, 0) is 29.8 Å². The van der Waals surface area contributed by atoms with Crippen molar-refractivity contribution in [2.45, 2.75) is 12.6 Å². The summed E-state index contributed by atoms with van der Waals surface area (Å²) in [6.45, 7) is 1.64. The summed E-state index contributed by atoms with van der Waals surface area (Å²) in [5, 5.41) is 9.44. The highest BCUT2D eigenvalue weighted by Crippen LogP contribution is 2.34. The summed E-state index contributed by atoms with van der Waals surface area (Å²) in [5.74, 6) is -0.0661. The number of hydrogen-bond donors (Lipinski definition) is 0. The summed E-state index contributed by atoms with van der Waals surface area (Å²) in [7, 11) is 0. The van der Waals surface area contributed by atoms with Crippen molar-refractivity contribution in [3.63, 3.8) is 0 Å². The number of amides is 1. The number of carbonyl (C=O) groups excluding carboxylic acids is 1. The third-order valence-electron chi connectivity index (χ3n) is 4.73. The number of piperazine rings is 1. The van der Waals surface area contributed by atoms with Crippen LogP contribution in [0.1, 0.15) is 16.7 Å². The lowest BCUT2D eigenvalue weighted by molar-refractivity contribution is -0.137. The predicted molar refractivity (Wildman–Crippen MR) is 100 cm³/mol. The molecule has 28 heavy (non-hydrogen) atoms. The highest BCUT2D eigenvalue weighted by atomic mass is 35.5. The molecule has 2 aromatic rings. The molecular weight excluding hydrogens is 391 g/mol. The quantitative estimate of drug-likeness (QED) is 0.769. The van der Waals surface area contributed by atoms with Gasteiger partial charge in [-0.1, -0.05) is 29.8 Å². The third kappa shape index (κ3) is 4.39. The monoisotopic (exact) mass is 407 g/mol. The number of anilines is 1. The maximum absolute atomic E-state index is 13.2. The Morgan fingerprint density at radius 3 is 2.39 bits per heavy atom. The van der Waals surface area contributed by atoms with Gasteiger partial charge in [0.1, 0.15) is 0 Å². The topological polar surface area (TPSA) is 47.3 Å². The first kappa shape index (κ1) is 20.0. The van der Waals surface area contributed by atoms with Crippen LogP contribution in [0.5, 0.6) is 0 Å². The van der Waals surface area contributed by atoms with E-state index in [4.69, 9.17) is 16.9 Å². The molecule has 0 N–H and O–H groups in total. The molecule has 1 aliphatic rings. The SMILES string of the molecule is N#Cc1ccc(N2CCN(C(=O)Cc3ccccc3Cl)CC2)cc1C(F)(F)F. The highest BCUT2D eigenvalue weighted by Gasteiger charge is 2.34. The summed E-state index contributed by atoms with van der Waals surface area (Å²) < 4.78 is 39.5. The van der Waals surface area contributed by atoms with E-state index < -0.39 is 17.3 Å². The second-order valence-corrected chi connectivity index (χ2v) is 6.88. The molecular formula is C20H17ClF3N3O. The van der Waals surface area contributed by atoms with E-state index in [1.807, 2.05) is 6.07 Å². The van der Waals surface area contributed by atoms with Gasteiger partial charge in [0, 0.05) is 36.9 Å². The Morgan fingerprint density at radius 2 is 1.79 bits per heavy atom. The molecule has 146 valence electrons. The van der Waals surface area contributed by atoms with Crippen molar-refractivity contribution in [2.24, 2.45) is 0 Å². The third-order valence-corrected chi connectivity index (χ3v) is 5.09. The standard InChI is InChI=1S/C20H17ClF3N3O/c21-18-4-2-1-3-14(18)11-19(28)27-9-7-26(8-10-27)16-6-5-15(13-25)17(12-16)20(22,23)24/h1-6,12H,7-11H2. The van der Waals surface area contributed by atoms with Gasteiger partial charge >= 0.3 is 6.18 Å². The van der Waals surface area contributed by atoms with Crippen LogP contribution < -0.4 is 4.90 Å². The Hall–Kier alpha value is -2.72. The Kier molecular flexibility index (Phi) is 5.80. The van der Waals surface area contributed by atoms with Crippen LogP contribution in [0.15, 0.2) is 42.5 Å². The van der Waals surface area contributed by atoms with Crippen LogP contribution in [0.4, 0.5) is 18.9 Å². The van der Waals surface area contributed by atoms with Gasteiger partial charge in [-0.15, -0.1) is 0 Å². The van der Waals surface area contributed by atoms with Gasteiger partial charge < -0.3 is 9.80 Å². The molecule has 1 amide bonds. The number of carbonyl (C=O) groups is 1. The molecule has 2 aromatic carbocycles. The van der Waals surface area contributed by atoms with E-state index in [0.717, 1.165) is 11.6 Å². The normalized spacial score (nSPS) is 14.7. The van der Waals surface area contributed by atoms with Crippen molar-refractivity contribution in [2.75, 3.05) is 31.1 Å². The summed E-state index contributed by atoms with van der Waals surface area (Å²) >= 11 is 6.09. The van der Waals surface area contributed by atoms with Gasteiger partial charge in [0.2, 0.25) is 5.91 Å². The molecule has 0 spiro atoms. The Balaban J connectivity index is 1.66. The lowest BCUT2D eigenvalue weighted by atomic mass is 10.1. The molecule has 0 unspecified atom stereocenters. The molecule has 0 aromatic heterocycles. The highest BCUT2D eigenvalue weighted by molar-refractivity contribution is 6.31. The molecule has 1 saturated heterocycles. The molecule has 8 heteroatoms. The van der Waals surface area contributed by atoms with Crippen LogP contribution in [-0.2, 0) is 17.4 Å². The van der Waals surface area contributed by atoms with E-state index >= 15 is 0 Å². The Morgan fingerprint density at radius 1 is 1.11 bits per heavy atom. The summed E-state index contributed by atoms with van der Waals surface area (Å²) in [6, 6.07) is 12.4. The lowest BCUT2D eigenvalue weighted by Crippen LogP contribution is -2.49. The number of halogens is 4. The maximum Gasteiger partial charge on any atom is 0.417 e. The molecule has 4 nitrogen and oxygen atoms in total. The number of alkyl halides is 3. The first-order chi connectivity index (χ1) is 13.3. The molecule has 0 atom stereocenters. The Bertz CT molecular complexity index is 916. The number of nitriles is 1. The van der Waals surface area contributed by atoms with E-state index in [2.05, 4.69) is 0 Å². The Labute approximate surface area is 165 Å². The minimum Gasteiger partial charge on any atom is -0.368 e. The van der Waals surface area contributed by atoms with E-state index in [-0.39, 0.29) is 12.3 Å². The van der Waals surface area contributed by atoms with Crippen LogP contribution in [0.2, 0.25) is 5.02 Å². The summed E-state index contributed by atoms with van der Waals surface area (Å²) in [5.41, 5.74) is -0.197. The molecule has 0 saturated carbocycles. The molecule has 0 aliphatic carbocycles. The fraction of sp³-hybridized carbons (Fsp3) is 0.300. The maximum atomic E-state index is 13.2. The van der Waals surface area contributed by atoms with Crippen LogP contribution in [0.3, 0.4) is 0 Å². The van der Waals surface area contributed by atoms with Gasteiger partial charge in [0.05, 0.1) is 23.6 Å². The molecule has 1 heterocycles. The predicted octanol–water partition coefficient (Wildman–Crippen LogP) is 4.12. The van der Waals surface area contributed by atoms with Crippen LogP contribution in [0, 0.1) is 11.3 Å². The van der Waals surface area contributed by atoms with Gasteiger partial charge in [-0.25, -0.2) is 0 Å². The van der Waals surface area contributed by atoms with Crippen molar-refractivity contribution in [3.8, 4) is 6.07 Å². The number of benzene rings is 2. The van der Waals surface area contributed by atoms with Crippen molar-refractivity contribution >= 4 is 23.2 Å². The summed E-state index contributed by atoms with van der Waals surface area (Å²) in [4.78, 5) is 16.0. The second-order valence-electron chi connectivity index (χ2n) is 6.48. The van der Waals surface area contributed by atoms with Crippen molar-refractivity contribution < 1.29 is 18.0 Å². The average molecular weight is 408 g/mol. The first-order valence-electron chi connectivity index (χ1n) is 8.67. The number of rotatable bonds is 3. The lowest BCUT2D eigenvalue weighted by Gasteiger charge is -2.36. The average Bonchev–Trinajstić information content (AvgIpc) is 2.68. The number of nitrogens with zero attached hydrogens (tertiary/aromatic N) is 3. The zero-order valence-corrected chi connectivity index (χ0v) is 15.6. The minimum absolute atomic E-state index is 0.0661. The minimum atomic E-state index is -4.59. The van der Waals surface area contributed by atoms with Crippen LogP contribution >= 0.6 is 11.6 Å².